The van der Waals surface area contributed by atoms with Gasteiger partial charge in [-0.05, 0) is 37.5 Å². The second-order valence-corrected chi connectivity index (χ2v) is 5.68. The lowest BCUT2D eigenvalue weighted by Crippen LogP contribution is -2.34. The summed E-state index contributed by atoms with van der Waals surface area (Å²) in [7, 11) is 3.83. The maximum absolute atomic E-state index is 12.3. The standard InChI is InChI=1S/C15H25N3O/c1-10(2)8-11(3)17-15(19)13-9-12(16)6-7-14(13)18(4)5/h6-7,9-11H,8,16H2,1-5H3,(H,17,19). The molecular formula is C15H25N3O. The second kappa shape index (κ2) is 6.45. The van der Waals surface area contributed by atoms with Gasteiger partial charge in [0.15, 0.2) is 0 Å². The lowest BCUT2D eigenvalue weighted by molar-refractivity contribution is 0.0936. The van der Waals surface area contributed by atoms with Crippen molar-refractivity contribution in [3.63, 3.8) is 0 Å². The summed E-state index contributed by atoms with van der Waals surface area (Å²) in [5.41, 5.74) is 7.89. The van der Waals surface area contributed by atoms with Crippen molar-refractivity contribution < 1.29 is 4.79 Å². The molecule has 0 fully saturated rings. The van der Waals surface area contributed by atoms with Crippen LogP contribution in [0.2, 0.25) is 0 Å². The lowest BCUT2D eigenvalue weighted by atomic mass is 10.0. The third kappa shape index (κ3) is 4.47. The van der Waals surface area contributed by atoms with E-state index >= 15 is 0 Å². The van der Waals surface area contributed by atoms with Crippen molar-refractivity contribution in [3.8, 4) is 0 Å². The minimum absolute atomic E-state index is 0.0656. The van der Waals surface area contributed by atoms with Crippen LogP contribution >= 0.6 is 0 Å². The number of nitrogens with one attached hydrogen (secondary N) is 1. The number of anilines is 2. The van der Waals surface area contributed by atoms with Gasteiger partial charge in [-0.25, -0.2) is 0 Å². The van der Waals surface area contributed by atoms with Crippen molar-refractivity contribution in [2.75, 3.05) is 24.7 Å². The van der Waals surface area contributed by atoms with E-state index in [4.69, 9.17) is 5.73 Å². The Hall–Kier alpha value is -1.71. The number of hydrogen-bond acceptors (Lipinski definition) is 3. The van der Waals surface area contributed by atoms with Crippen LogP contribution in [-0.4, -0.2) is 26.0 Å². The molecule has 0 bridgehead atoms. The van der Waals surface area contributed by atoms with Gasteiger partial charge in [-0.15, -0.1) is 0 Å². The largest absolute Gasteiger partial charge is 0.399 e. The minimum atomic E-state index is -0.0656. The van der Waals surface area contributed by atoms with Crippen LogP contribution < -0.4 is 16.0 Å². The summed E-state index contributed by atoms with van der Waals surface area (Å²) in [5.74, 6) is 0.494. The number of nitrogen functional groups attached to an aromatic ring is 1. The topological polar surface area (TPSA) is 58.4 Å². The van der Waals surface area contributed by atoms with E-state index in [1.54, 1.807) is 6.07 Å². The normalized spacial score (nSPS) is 12.3. The molecule has 0 aliphatic rings. The fraction of sp³-hybridized carbons (Fsp3) is 0.533. The van der Waals surface area contributed by atoms with Crippen LogP contribution in [0, 0.1) is 5.92 Å². The Morgan fingerprint density at radius 1 is 1.32 bits per heavy atom. The molecule has 1 rings (SSSR count). The van der Waals surface area contributed by atoms with E-state index in [1.807, 2.05) is 38.1 Å². The van der Waals surface area contributed by atoms with Crippen LogP contribution in [0.3, 0.4) is 0 Å². The van der Waals surface area contributed by atoms with Gasteiger partial charge in [0.05, 0.1) is 5.56 Å². The molecule has 0 heterocycles. The van der Waals surface area contributed by atoms with Gasteiger partial charge in [-0.1, -0.05) is 13.8 Å². The summed E-state index contributed by atoms with van der Waals surface area (Å²) in [6.07, 6.45) is 0.964. The van der Waals surface area contributed by atoms with E-state index in [-0.39, 0.29) is 11.9 Å². The van der Waals surface area contributed by atoms with Crippen LogP contribution in [-0.2, 0) is 0 Å². The van der Waals surface area contributed by atoms with Gasteiger partial charge in [0.2, 0.25) is 0 Å². The first-order valence-corrected chi connectivity index (χ1v) is 6.69. The maximum atomic E-state index is 12.3. The molecule has 4 heteroatoms. The molecule has 0 saturated heterocycles. The predicted octanol–water partition coefficient (Wildman–Crippen LogP) is 2.50. The summed E-state index contributed by atoms with van der Waals surface area (Å²) >= 11 is 0. The Bertz CT molecular complexity index is 441. The number of rotatable bonds is 5. The highest BCUT2D eigenvalue weighted by atomic mass is 16.1. The summed E-state index contributed by atoms with van der Waals surface area (Å²) in [4.78, 5) is 14.2. The molecule has 1 amide bonds. The Morgan fingerprint density at radius 2 is 1.95 bits per heavy atom. The molecule has 19 heavy (non-hydrogen) atoms. The molecule has 4 nitrogen and oxygen atoms in total. The van der Waals surface area contributed by atoms with Gasteiger partial charge in [0.1, 0.15) is 0 Å². The summed E-state index contributed by atoms with van der Waals surface area (Å²) in [6, 6.07) is 5.57. The Balaban J connectivity index is 2.89. The van der Waals surface area contributed by atoms with Crippen molar-refractivity contribution in [1.82, 2.24) is 5.32 Å². The molecule has 0 aliphatic carbocycles. The first-order valence-electron chi connectivity index (χ1n) is 6.69. The van der Waals surface area contributed by atoms with Crippen LogP contribution in [0.25, 0.3) is 0 Å². The van der Waals surface area contributed by atoms with E-state index in [0.717, 1.165) is 12.1 Å². The van der Waals surface area contributed by atoms with Gasteiger partial charge in [-0.2, -0.15) is 0 Å². The number of carbonyl (C=O) groups is 1. The molecule has 1 aromatic rings. The van der Waals surface area contributed by atoms with E-state index in [2.05, 4.69) is 19.2 Å². The Morgan fingerprint density at radius 3 is 2.47 bits per heavy atom. The number of hydrogen-bond donors (Lipinski definition) is 2. The van der Waals surface area contributed by atoms with Gasteiger partial charge in [0.25, 0.3) is 5.91 Å². The summed E-state index contributed by atoms with van der Waals surface area (Å²) in [5, 5.41) is 3.03. The third-order valence-electron chi connectivity index (χ3n) is 2.95. The highest BCUT2D eigenvalue weighted by Gasteiger charge is 2.16. The van der Waals surface area contributed by atoms with Gasteiger partial charge in [-0.3, -0.25) is 4.79 Å². The first kappa shape index (κ1) is 15.3. The minimum Gasteiger partial charge on any atom is -0.399 e. The monoisotopic (exact) mass is 263 g/mol. The van der Waals surface area contributed by atoms with Gasteiger partial charge >= 0.3 is 0 Å². The van der Waals surface area contributed by atoms with Crippen LogP contribution in [0.4, 0.5) is 11.4 Å². The van der Waals surface area contributed by atoms with Crippen molar-refractivity contribution >= 4 is 17.3 Å². The number of nitrogens with zero attached hydrogens (tertiary/aromatic N) is 1. The average Bonchev–Trinajstić information content (AvgIpc) is 2.26. The van der Waals surface area contributed by atoms with E-state index < -0.39 is 0 Å². The molecule has 0 saturated carbocycles. The van der Waals surface area contributed by atoms with Crippen molar-refractivity contribution in [2.45, 2.75) is 33.2 Å². The Labute approximate surface area is 116 Å². The highest BCUT2D eigenvalue weighted by molar-refractivity contribution is 6.00. The molecule has 106 valence electrons. The van der Waals surface area contributed by atoms with Gasteiger partial charge < -0.3 is 16.0 Å². The lowest BCUT2D eigenvalue weighted by Gasteiger charge is -2.20. The molecule has 0 aromatic heterocycles. The second-order valence-electron chi connectivity index (χ2n) is 5.68. The fourth-order valence-electron chi connectivity index (χ4n) is 2.19. The van der Waals surface area contributed by atoms with E-state index in [1.165, 1.54) is 0 Å². The molecule has 1 atom stereocenters. The third-order valence-corrected chi connectivity index (χ3v) is 2.95. The average molecular weight is 263 g/mol. The SMILES string of the molecule is CC(C)CC(C)NC(=O)c1cc(N)ccc1N(C)C. The molecule has 0 spiro atoms. The van der Waals surface area contributed by atoms with Crippen LogP contribution in [0.5, 0.6) is 0 Å². The zero-order chi connectivity index (χ0) is 14.6. The molecule has 0 aliphatic heterocycles. The van der Waals surface area contributed by atoms with Crippen molar-refractivity contribution in [3.05, 3.63) is 23.8 Å². The quantitative estimate of drug-likeness (QED) is 0.802. The molecule has 3 N–H and O–H groups in total. The van der Waals surface area contributed by atoms with Crippen molar-refractivity contribution in [1.29, 1.82) is 0 Å². The van der Waals surface area contributed by atoms with Crippen LogP contribution in [0.15, 0.2) is 18.2 Å². The number of carbonyl (C=O) groups excluding carboxylic acids is 1. The smallest absolute Gasteiger partial charge is 0.253 e. The molecule has 1 unspecified atom stereocenters. The number of benzene rings is 1. The maximum Gasteiger partial charge on any atom is 0.253 e. The molecule has 0 radical (unpaired) electrons. The fourth-order valence-corrected chi connectivity index (χ4v) is 2.19. The predicted molar refractivity (Wildman–Crippen MR) is 81.6 cm³/mol. The van der Waals surface area contributed by atoms with Crippen LogP contribution in [0.1, 0.15) is 37.6 Å². The van der Waals surface area contributed by atoms with Crippen molar-refractivity contribution in [2.24, 2.45) is 5.92 Å². The molecule has 1 aromatic carbocycles. The van der Waals surface area contributed by atoms with E-state index in [9.17, 15) is 4.79 Å². The van der Waals surface area contributed by atoms with Gasteiger partial charge in [0, 0.05) is 31.5 Å². The molecular weight excluding hydrogens is 238 g/mol. The van der Waals surface area contributed by atoms with E-state index in [0.29, 0.717) is 17.2 Å². The number of nitrogens with two attached hydrogens (primary N) is 1. The zero-order valence-electron chi connectivity index (χ0n) is 12.5. The Kier molecular flexibility index (Phi) is 5.21. The summed E-state index contributed by atoms with van der Waals surface area (Å²) < 4.78 is 0. The summed E-state index contributed by atoms with van der Waals surface area (Å²) in [6.45, 7) is 6.32. The zero-order valence-corrected chi connectivity index (χ0v) is 12.5. The highest BCUT2D eigenvalue weighted by Crippen LogP contribution is 2.21. The number of amides is 1. The first-order chi connectivity index (χ1) is 8.81.